The highest BCUT2D eigenvalue weighted by Crippen LogP contribution is 2.12. The van der Waals surface area contributed by atoms with Gasteiger partial charge in [0, 0.05) is 42.9 Å². The summed E-state index contributed by atoms with van der Waals surface area (Å²) in [6.45, 7) is 7.88. The average molecular weight is 314 g/mol. The third-order valence-corrected chi connectivity index (χ3v) is 3.81. The number of halogens is 1. The maximum Gasteiger partial charge on any atom is 0.0683 e. The molecule has 0 saturated carbocycles. The number of pyridine rings is 1. The molecule has 2 rings (SSSR count). The Balaban J connectivity index is 1.74. The van der Waals surface area contributed by atoms with Gasteiger partial charge in [0.2, 0.25) is 0 Å². The summed E-state index contributed by atoms with van der Waals surface area (Å²) in [5.41, 5.74) is 1.06. The molecule has 0 aliphatic carbocycles. The lowest BCUT2D eigenvalue weighted by Crippen LogP contribution is -2.44. The van der Waals surface area contributed by atoms with Crippen molar-refractivity contribution in [1.29, 1.82) is 0 Å². The third-order valence-electron chi connectivity index (χ3n) is 3.09. The number of nitrogens with zero attached hydrogens (tertiary/aromatic N) is 2. The van der Waals surface area contributed by atoms with E-state index < -0.39 is 0 Å². The fourth-order valence-electron chi connectivity index (χ4n) is 2.05. The van der Waals surface area contributed by atoms with Crippen molar-refractivity contribution >= 4 is 15.9 Å². The first-order chi connectivity index (χ1) is 8.75. The lowest BCUT2D eigenvalue weighted by molar-refractivity contribution is 0.0343. The maximum absolute atomic E-state index is 5.35. The van der Waals surface area contributed by atoms with Crippen LogP contribution in [0.2, 0.25) is 0 Å². The summed E-state index contributed by atoms with van der Waals surface area (Å²) in [6, 6.07) is 4.42. The number of hydrogen-bond donors (Lipinski definition) is 1. The second-order valence-electron chi connectivity index (χ2n) is 4.63. The van der Waals surface area contributed by atoms with E-state index in [2.05, 4.69) is 38.1 Å². The van der Waals surface area contributed by atoms with Gasteiger partial charge in [-0.05, 0) is 35.0 Å². The summed E-state index contributed by atoms with van der Waals surface area (Å²) in [4.78, 5) is 6.79. The van der Waals surface area contributed by atoms with Gasteiger partial charge in [-0.1, -0.05) is 0 Å². The zero-order valence-electron chi connectivity index (χ0n) is 10.7. The standard InChI is InChI=1S/C13H20BrN3O/c1-11(10-17-5-7-18-8-6-17)16-9-13-12(14)3-2-4-15-13/h2-4,11,16H,5-10H2,1H3. The van der Waals surface area contributed by atoms with Gasteiger partial charge in [-0.15, -0.1) is 0 Å². The average Bonchev–Trinajstić information content (AvgIpc) is 2.39. The summed E-state index contributed by atoms with van der Waals surface area (Å²) in [5.74, 6) is 0. The first kappa shape index (κ1) is 13.9. The molecule has 18 heavy (non-hydrogen) atoms. The Bertz CT molecular complexity index is 369. The van der Waals surface area contributed by atoms with Crippen molar-refractivity contribution in [3.8, 4) is 0 Å². The van der Waals surface area contributed by atoms with Gasteiger partial charge in [-0.25, -0.2) is 0 Å². The molecule has 0 bridgehead atoms. The molecule has 0 amide bonds. The van der Waals surface area contributed by atoms with Crippen LogP contribution in [0.15, 0.2) is 22.8 Å². The molecule has 1 aliphatic heterocycles. The van der Waals surface area contributed by atoms with Crippen molar-refractivity contribution in [2.75, 3.05) is 32.8 Å². The van der Waals surface area contributed by atoms with Crippen LogP contribution in [-0.2, 0) is 11.3 Å². The van der Waals surface area contributed by atoms with Crippen LogP contribution < -0.4 is 5.32 Å². The number of hydrogen-bond acceptors (Lipinski definition) is 4. The van der Waals surface area contributed by atoms with E-state index in [0.29, 0.717) is 6.04 Å². The van der Waals surface area contributed by atoms with E-state index in [9.17, 15) is 0 Å². The van der Waals surface area contributed by atoms with E-state index in [1.807, 2.05) is 18.3 Å². The third kappa shape index (κ3) is 4.31. The Morgan fingerprint density at radius 1 is 1.50 bits per heavy atom. The maximum atomic E-state index is 5.35. The number of ether oxygens (including phenoxy) is 1. The van der Waals surface area contributed by atoms with E-state index in [1.165, 1.54) is 0 Å². The van der Waals surface area contributed by atoms with Gasteiger partial charge in [0.05, 0.1) is 18.9 Å². The van der Waals surface area contributed by atoms with Crippen LogP contribution in [-0.4, -0.2) is 48.8 Å². The molecular formula is C13H20BrN3O. The van der Waals surface area contributed by atoms with Crippen LogP contribution in [0, 0.1) is 0 Å². The summed E-state index contributed by atoms with van der Waals surface area (Å²) in [7, 11) is 0. The fraction of sp³-hybridized carbons (Fsp3) is 0.615. The van der Waals surface area contributed by atoms with Crippen LogP contribution in [0.5, 0.6) is 0 Å². The highest BCUT2D eigenvalue weighted by atomic mass is 79.9. The molecule has 0 spiro atoms. The SMILES string of the molecule is CC(CN1CCOCC1)NCc1ncccc1Br. The summed E-state index contributed by atoms with van der Waals surface area (Å²) >= 11 is 3.52. The molecule has 4 nitrogen and oxygen atoms in total. The molecule has 1 fully saturated rings. The number of morpholine rings is 1. The Labute approximate surface area is 117 Å². The van der Waals surface area contributed by atoms with E-state index in [1.54, 1.807) is 0 Å². The molecule has 1 aliphatic rings. The van der Waals surface area contributed by atoms with E-state index in [0.717, 1.165) is 49.6 Å². The second-order valence-corrected chi connectivity index (χ2v) is 5.48. The molecule has 1 aromatic heterocycles. The van der Waals surface area contributed by atoms with Crippen LogP contribution >= 0.6 is 15.9 Å². The molecular weight excluding hydrogens is 294 g/mol. The molecule has 0 aromatic carbocycles. The fourth-order valence-corrected chi connectivity index (χ4v) is 2.45. The zero-order chi connectivity index (χ0) is 12.8. The molecule has 1 saturated heterocycles. The molecule has 1 atom stereocenters. The highest BCUT2D eigenvalue weighted by Gasteiger charge is 2.13. The van der Waals surface area contributed by atoms with Crippen LogP contribution in [0.3, 0.4) is 0 Å². The number of aromatic nitrogens is 1. The quantitative estimate of drug-likeness (QED) is 0.897. The molecule has 1 unspecified atom stereocenters. The largest absolute Gasteiger partial charge is 0.379 e. The van der Waals surface area contributed by atoms with E-state index in [4.69, 9.17) is 4.74 Å². The van der Waals surface area contributed by atoms with Gasteiger partial charge in [-0.2, -0.15) is 0 Å². The van der Waals surface area contributed by atoms with Gasteiger partial charge in [0.15, 0.2) is 0 Å². The van der Waals surface area contributed by atoms with Gasteiger partial charge in [0.1, 0.15) is 0 Å². The minimum absolute atomic E-state index is 0.456. The summed E-state index contributed by atoms with van der Waals surface area (Å²) in [6.07, 6.45) is 1.83. The van der Waals surface area contributed by atoms with Crippen LogP contribution in [0.4, 0.5) is 0 Å². The van der Waals surface area contributed by atoms with E-state index >= 15 is 0 Å². The van der Waals surface area contributed by atoms with Crippen molar-refractivity contribution in [2.45, 2.75) is 19.5 Å². The first-order valence-corrected chi connectivity index (χ1v) is 7.18. The van der Waals surface area contributed by atoms with Gasteiger partial charge < -0.3 is 10.1 Å². The van der Waals surface area contributed by atoms with Crippen LogP contribution in [0.25, 0.3) is 0 Å². The second kappa shape index (κ2) is 7.19. The molecule has 1 aromatic rings. The number of rotatable bonds is 5. The zero-order valence-corrected chi connectivity index (χ0v) is 12.3. The molecule has 100 valence electrons. The minimum Gasteiger partial charge on any atom is -0.379 e. The molecule has 5 heteroatoms. The topological polar surface area (TPSA) is 37.4 Å². The van der Waals surface area contributed by atoms with Gasteiger partial charge >= 0.3 is 0 Å². The first-order valence-electron chi connectivity index (χ1n) is 6.38. The van der Waals surface area contributed by atoms with Crippen LogP contribution in [0.1, 0.15) is 12.6 Å². The predicted molar refractivity (Wildman–Crippen MR) is 75.5 cm³/mol. The Morgan fingerprint density at radius 2 is 2.28 bits per heavy atom. The lowest BCUT2D eigenvalue weighted by atomic mass is 10.2. The summed E-state index contributed by atoms with van der Waals surface area (Å²) in [5, 5.41) is 3.51. The molecule has 2 heterocycles. The van der Waals surface area contributed by atoms with Gasteiger partial charge in [-0.3, -0.25) is 9.88 Å². The minimum atomic E-state index is 0.456. The van der Waals surface area contributed by atoms with Crippen molar-refractivity contribution in [3.63, 3.8) is 0 Å². The lowest BCUT2D eigenvalue weighted by Gasteiger charge is -2.29. The van der Waals surface area contributed by atoms with Crippen molar-refractivity contribution in [3.05, 3.63) is 28.5 Å². The number of nitrogens with one attached hydrogen (secondary N) is 1. The monoisotopic (exact) mass is 313 g/mol. The Kier molecular flexibility index (Phi) is 5.56. The molecule has 0 radical (unpaired) electrons. The smallest absolute Gasteiger partial charge is 0.0683 e. The normalized spacial score (nSPS) is 18.8. The van der Waals surface area contributed by atoms with Gasteiger partial charge in [0.25, 0.3) is 0 Å². The van der Waals surface area contributed by atoms with Crippen molar-refractivity contribution in [1.82, 2.24) is 15.2 Å². The van der Waals surface area contributed by atoms with E-state index in [-0.39, 0.29) is 0 Å². The predicted octanol–water partition coefficient (Wildman–Crippen LogP) is 1.65. The highest BCUT2D eigenvalue weighted by molar-refractivity contribution is 9.10. The van der Waals surface area contributed by atoms with Crippen molar-refractivity contribution < 1.29 is 4.74 Å². The summed E-state index contributed by atoms with van der Waals surface area (Å²) < 4.78 is 6.41. The Hall–Kier alpha value is -0.490. The van der Waals surface area contributed by atoms with Crippen molar-refractivity contribution in [2.24, 2.45) is 0 Å². The molecule has 1 N–H and O–H groups in total. The Morgan fingerprint density at radius 3 is 3.00 bits per heavy atom.